The van der Waals surface area contributed by atoms with Crippen molar-refractivity contribution in [3.8, 4) is 11.4 Å². The first-order chi connectivity index (χ1) is 9.43. The molecule has 4 nitrogen and oxygen atoms in total. The van der Waals surface area contributed by atoms with Gasteiger partial charge in [-0.25, -0.2) is 14.8 Å². The van der Waals surface area contributed by atoms with Gasteiger partial charge in [0.1, 0.15) is 5.56 Å². The number of carbonyl (C=O) groups is 1. The van der Waals surface area contributed by atoms with Crippen molar-refractivity contribution in [1.29, 1.82) is 0 Å². The molecule has 0 N–H and O–H groups in total. The van der Waals surface area contributed by atoms with Gasteiger partial charge in [0.05, 0.1) is 7.11 Å². The number of esters is 1. The van der Waals surface area contributed by atoms with E-state index in [1.165, 1.54) is 0 Å². The van der Waals surface area contributed by atoms with E-state index in [0.29, 0.717) is 5.56 Å². The van der Waals surface area contributed by atoms with E-state index in [1.807, 2.05) is 0 Å². The van der Waals surface area contributed by atoms with Crippen LogP contribution in [0.15, 0.2) is 36.5 Å². The summed E-state index contributed by atoms with van der Waals surface area (Å²) in [7, 11) is 0.994. The summed E-state index contributed by atoms with van der Waals surface area (Å²) in [5.41, 5.74) is -1.59. The van der Waals surface area contributed by atoms with E-state index in [9.17, 15) is 18.0 Å². The average molecular weight is 282 g/mol. The summed E-state index contributed by atoms with van der Waals surface area (Å²) in [6.45, 7) is 0. The van der Waals surface area contributed by atoms with Crippen LogP contribution in [0.3, 0.4) is 0 Å². The number of nitrogens with zero attached hydrogens (tertiary/aromatic N) is 2. The van der Waals surface area contributed by atoms with Crippen LogP contribution in [-0.4, -0.2) is 23.0 Å². The van der Waals surface area contributed by atoms with Crippen LogP contribution in [0.2, 0.25) is 0 Å². The summed E-state index contributed by atoms with van der Waals surface area (Å²) in [5.74, 6) is -1.23. The van der Waals surface area contributed by atoms with Gasteiger partial charge in [-0.2, -0.15) is 13.2 Å². The zero-order valence-electron chi connectivity index (χ0n) is 10.3. The second kappa shape index (κ2) is 5.28. The maximum Gasteiger partial charge on any atom is 0.434 e. The Morgan fingerprint density at radius 2 is 1.85 bits per heavy atom. The number of hydrogen-bond acceptors (Lipinski definition) is 4. The van der Waals surface area contributed by atoms with Gasteiger partial charge < -0.3 is 4.74 Å². The largest absolute Gasteiger partial charge is 0.465 e. The van der Waals surface area contributed by atoms with E-state index in [4.69, 9.17) is 0 Å². The van der Waals surface area contributed by atoms with Crippen molar-refractivity contribution in [2.45, 2.75) is 6.18 Å². The van der Waals surface area contributed by atoms with Crippen molar-refractivity contribution < 1.29 is 22.7 Å². The fourth-order valence-corrected chi connectivity index (χ4v) is 1.58. The van der Waals surface area contributed by atoms with Crippen molar-refractivity contribution in [3.05, 3.63) is 47.8 Å². The quantitative estimate of drug-likeness (QED) is 0.795. The molecule has 1 aromatic heterocycles. The maximum atomic E-state index is 12.9. The first kappa shape index (κ1) is 14.0. The molecular weight excluding hydrogens is 273 g/mol. The smallest absolute Gasteiger partial charge is 0.434 e. The molecule has 7 heteroatoms. The third kappa shape index (κ3) is 2.76. The first-order valence-corrected chi connectivity index (χ1v) is 5.51. The molecule has 0 aliphatic carbocycles. The molecular formula is C13H9F3N2O2. The third-order valence-electron chi connectivity index (χ3n) is 2.49. The summed E-state index contributed by atoms with van der Waals surface area (Å²) >= 11 is 0. The van der Waals surface area contributed by atoms with Gasteiger partial charge in [-0.15, -0.1) is 0 Å². The van der Waals surface area contributed by atoms with Crippen LogP contribution in [0.5, 0.6) is 0 Å². The van der Waals surface area contributed by atoms with Gasteiger partial charge in [0.25, 0.3) is 0 Å². The zero-order chi connectivity index (χ0) is 14.8. The Balaban J connectivity index is 2.58. The van der Waals surface area contributed by atoms with Crippen LogP contribution in [0.4, 0.5) is 13.2 Å². The van der Waals surface area contributed by atoms with Crippen LogP contribution in [-0.2, 0) is 10.9 Å². The number of hydrogen-bond donors (Lipinski definition) is 0. The molecule has 1 heterocycles. The van der Waals surface area contributed by atoms with Gasteiger partial charge in [0, 0.05) is 11.8 Å². The number of carbonyl (C=O) groups excluding carboxylic acids is 1. The van der Waals surface area contributed by atoms with Crippen molar-refractivity contribution in [3.63, 3.8) is 0 Å². The number of rotatable bonds is 2. The normalized spacial score (nSPS) is 11.2. The summed E-state index contributed by atoms with van der Waals surface area (Å²) in [5, 5.41) is 0. The Morgan fingerprint density at radius 3 is 2.40 bits per heavy atom. The van der Waals surface area contributed by atoms with Gasteiger partial charge in [-0.3, -0.25) is 0 Å². The van der Waals surface area contributed by atoms with Crippen LogP contribution < -0.4 is 0 Å². The SMILES string of the molecule is COC(=O)c1cnc(-c2ccccc2)nc1C(F)(F)F. The molecule has 0 spiro atoms. The molecule has 0 atom stereocenters. The summed E-state index contributed by atoms with van der Waals surface area (Å²) in [4.78, 5) is 18.6. The molecule has 104 valence electrons. The molecule has 0 radical (unpaired) electrons. The molecule has 1 aromatic carbocycles. The Hall–Kier alpha value is -2.44. The highest BCUT2D eigenvalue weighted by atomic mass is 19.4. The molecule has 0 aliphatic heterocycles. The lowest BCUT2D eigenvalue weighted by Crippen LogP contribution is -2.17. The van der Waals surface area contributed by atoms with E-state index in [-0.39, 0.29) is 5.82 Å². The lowest BCUT2D eigenvalue weighted by Gasteiger charge is -2.11. The van der Waals surface area contributed by atoms with E-state index < -0.39 is 23.4 Å². The fourth-order valence-electron chi connectivity index (χ4n) is 1.58. The Bertz CT molecular complexity index is 627. The van der Waals surface area contributed by atoms with E-state index in [2.05, 4.69) is 14.7 Å². The number of alkyl halides is 3. The van der Waals surface area contributed by atoms with E-state index in [1.54, 1.807) is 30.3 Å². The van der Waals surface area contributed by atoms with Crippen LogP contribution >= 0.6 is 0 Å². The lowest BCUT2D eigenvalue weighted by molar-refractivity contribution is -0.141. The van der Waals surface area contributed by atoms with Gasteiger partial charge >= 0.3 is 12.1 Å². The Labute approximate surface area is 112 Å². The summed E-state index contributed by atoms with van der Waals surface area (Å²) < 4.78 is 43.1. The highest BCUT2D eigenvalue weighted by molar-refractivity contribution is 5.90. The minimum atomic E-state index is -4.77. The highest BCUT2D eigenvalue weighted by Crippen LogP contribution is 2.31. The van der Waals surface area contributed by atoms with Crippen molar-refractivity contribution in [1.82, 2.24) is 9.97 Å². The minimum Gasteiger partial charge on any atom is -0.465 e. The standard InChI is InChI=1S/C13H9F3N2O2/c1-20-12(19)9-7-17-11(8-5-3-2-4-6-8)18-10(9)13(14,15)16/h2-7H,1H3. The Kier molecular flexibility index (Phi) is 3.69. The molecule has 0 saturated carbocycles. The lowest BCUT2D eigenvalue weighted by atomic mass is 10.2. The van der Waals surface area contributed by atoms with Crippen molar-refractivity contribution in [2.24, 2.45) is 0 Å². The van der Waals surface area contributed by atoms with E-state index in [0.717, 1.165) is 13.3 Å². The van der Waals surface area contributed by atoms with Crippen molar-refractivity contribution >= 4 is 5.97 Å². The minimum absolute atomic E-state index is 0.106. The molecule has 0 aliphatic rings. The average Bonchev–Trinajstić information content (AvgIpc) is 2.46. The molecule has 20 heavy (non-hydrogen) atoms. The summed E-state index contributed by atoms with van der Waals surface area (Å²) in [6.07, 6.45) is -3.94. The topological polar surface area (TPSA) is 52.1 Å². The van der Waals surface area contributed by atoms with Gasteiger partial charge in [0.15, 0.2) is 11.5 Å². The molecule has 2 rings (SSSR count). The second-order valence-corrected chi connectivity index (χ2v) is 3.81. The monoisotopic (exact) mass is 282 g/mol. The molecule has 0 unspecified atom stereocenters. The number of ether oxygens (including phenoxy) is 1. The van der Waals surface area contributed by atoms with Crippen LogP contribution in [0.1, 0.15) is 16.1 Å². The Morgan fingerprint density at radius 1 is 1.20 bits per heavy atom. The first-order valence-electron chi connectivity index (χ1n) is 5.51. The summed E-state index contributed by atoms with van der Waals surface area (Å²) in [6, 6.07) is 8.18. The molecule has 0 amide bonds. The van der Waals surface area contributed by atoms with Gasteiger partial charge in [0.2, 0.25) is 0 Å². The maximum absolute atomic E-state index is 12.9. The number of benzene rings is 1. The van der Waals surface area contributed by atoms with E-state index >= 15 is 0 Å². The highest BCUT2D eigenvalue weighted by Gasteiger charge is 2.38. The number of halogens is 3. The van der Waals surface area contributed by atoms with Crippen LogP contribution in [0.25, 0.3) is 11.4 Å². The molecule has 2 aromatic rings. The predicted molar refractivity (Wildman–Crippen MR) is 63.8 cm³/mol. The molecule has 0 fully saturated rings. The molecule has 0 bridgehead atoms. The number of methoxy groups -OCH3 is 1. The predicted octanol–water partition coefficient (Wildman–Crippen LogP) is 2.95. The third-order valence-corrected chi connectivity index (χ3v) is 2.49. The van der Waals surface area contributed by atoms with Crippen molar-refractivity contribution in [2.75, 3.05) is 7.11 Å². The van der Waals surface area contributed by atoms with Gasteiger partial charge in [-0.05, 0) is 0 Å². The second-order valence-electron chi connectivity index (χ2n) is 3.81. The fraction of sp³-hybridized carbons (Fsp3) is 0.154. The molecule has 0 saturated heterocycles. The zero-order valence-corrected chi connectivity index (χ0v) is 10.3. The van der Waals surface area contributed by atoms with Gasteiger partial charge in [-0.1, -0.05) is 30.3 Å². The number of aromatic nitrogens is 2. The van der Waals surface area contributed by atoms with Crippen LogP contribution in [0, 0.1) is 0 Å².